The van der Waals surface area contributed by atoms with E-state index in [1.165, 1.54) is 0 Å². The molecule has 1 aromatic rings. The Kier molecular flexibility index (Phi) is 5.47. The maximum atomic E-state index is 11.7. The van der Waals surface area contributed by atoms with Gasteiger partial charge in [0.1, 0.15) is 6.04 Å². The average Bonchev–Trinajstić information content (AvgIpc) is 2.69. The van der Waals surface area contributed by atoms with Gasteiger partial charge in [0.2, 0.25) is 0 Å². The van der Waals surface area contributed by atoms with Crippen molar-refractivity contribution >= 4 is 21.9 Å². The van der Waals surface area contributed by atoms with Crippen molar-refractivity contribution in [1.29, 1.82) is 0 Å². The number of fused-ring (bicyclic) bond motifs is 1. The van der Waals surface area contributed by atoms with Crippen molar-refractivity contribution in [2.75, 3.05) is 26.3 Å². The standard InChI is InChI=1S/C15H20BrNO4/c1-3-17(4-2)13(15(18)19)10-8-11(16)14-12(9-10)20-6-5-7-21-14/h8-9,13H,3-7H2,1-2H3,(H,18,19). The minimum absolute atomic E-state index is 0.575. The van der Waals surface area contributed by atoms with Gasteiger partial charge in [-0.1, -0.05) is 13.8 Å². The first-order valence-electron chi connectivity index (χ1n) is 7.14. The first-order valence-corrected chi connectivity index (χ1v) is 7.93. The van der Waals surface area contributed by atoms with Crippen molar-refractivity contribution in [2.24, 2.45) is 0 Å². The lowest BCUT2D eigenvalue weighted by atomic mass is 10.0. The van der Waals surface area contributed by atoms with Gasteiger partial charge in [-0.3, -0.25) is 9.69 Å². The van der Waals surface area contributed by atoms with Gasteiger partial charge in [0.15, 0.2) is 11.5 Å². The van der Waals surface area contributed by atoms with E-state index in [0.29, 0.717) is 43.4 Å². The number of hydrogen-bond acceptors (Lipinski definition) is 4. The number of carbonyl (C=O) groups is 1. The van der Waals surface area contributed by atoms with Gasteiger partial charge in [-0.05, 0) is 46.7 Å². The highest BCUT2D eigenvalue weighted by atomic mass is 79.9. The number of rotatable bonds is 5. The maximum absolute atomic E-state index is 11.7. The third kappa shape index (κ3) is 3.49. The summed E-state index contributed by atoms with van der Waals surface area (Å²) >= 11 is 3.46. The van der Waals surface area contributed by atoms with E-state index in [1.807, 2.05) is 24.8 Å². The number of nitrogens with zero attached hydrogens (tertiary/aromatic N) is 1. The van der Waals surface area contributed by atoms with Crippen LogP contribution in [0.4, 0.5) is 0 Å². The molecule has 1 unspecified atom stereocenters. The summed E-state index contributed by atoms with van der Waals surface area (Å²) in [5.41, 5.74) is 0.697. The Labute approximate surface area is 133 Å². The summed E-state index contributed by atoms with van der Waals surface area (Å²) in [6.45, 7) is 6.42. The summed E-state index contributed by atoms with van der Waals surface area (Å²) in [5.74, 6) is 0.398. The molecular formula is C15H20BrNO4. The second kappa shape index (κ2) is 7.13. The van der Waals surface area contributed by atoms with Crippen LogP contribution in [-0.2, 0) is 4.79 Å². The van der Waals surface area contributed by atoms with E-state index in [9.17, 15) is 9.90 Å². The smallest absolute Gasteiger partial charge is 0.325 e. The Morgan fingerprint density at radius 2 is 2.00 bits per heavy atom. The molecule has 0 aliphatic carbocycles. The molecule has 0 amide bonds. The van der Waals surface area contributed by atoms with E-state index in [4.69, 9.17) is 9.47 Å². The van der Waals surface area contributed by atoms with E-state index in [0.717, 1.165) is 10.9 Å². The molecule has 5 nitrogen and oxygen atoms in total. The van der Waals surface area contributed by atoms with Gasteiger partial charge in [0.25, 0.3) is 0 Å². The topological polar surface area (TPSA) is 59.0 Å². The summed E-state index contributed by atoms with van der Waals surface area (Å²) in [6.07, 6.45) is 0.814. The van der Waals surface area contributed by atoms with Crippen LogP contribution in [0.3, 0.4) is 0 Å². The molecule has 1 aliphatic rings. The van der Waals surface area contributed by atoms with Gasteiger partial charge in [-0.15, -0.1) is 0 Å². The van der Waals surface area contributed by atoms with Crippen LogP contribution in [0, 0.1) is 0 Å². The van der Waals surface area contributed by atoms with Gasteiger partial charge < -0.3 is 14.6 Å². The fraction of sp³-hybridized carbons (Fsp3) is 0.533. The van der Waals surface area contributed by atoms with Crippen molar-refractivity contribution in [3.8, 4) is 11.5 Å². The molecular weight excluding hydrogens is 338 g/mol. The number of carboxylic acid groups (broad SMARTS) is 1. The summed E-state index contributed by atoms with van der Waals surface area (Å²) in [5, 5.41) is 9.58. The first-order chi connectivity index (χ1) is 10.1. The average molecular weight is 358 g/mol. The van der Waals surface area contributed by atoms with Gasteiger partial charge in [0.05, 0.1) is 17.7 Å². The summed E-state index contributed by atoms with van der Waals surface area (Å²) in [4.78, 5) is 13.6. The molecule has 1 aliphatic heterocycles. The molecule has 1 aromatic carbocycles. The fourth-order valence-electron chi connectivity index (χ4n) is 2.51. The normalized spacial score (nSPS) is 15.6. The molecule has 0 spiro atoms. The summed E-state index contributed by atoms with van der Waals surface area (Å²) in [7, 11) is 0. The molecule has 0 aromatic heterocycles. The molecule has 1 N–H and O–H groups in total. The fourth-order valence-corrected chi connectivity index (χ4v) is 3.08. The van der Waals surface area contributed by atoms with E-state index in [1.54, 1.807) is 6.07 Å². The first kappa shape index (κ1) is 16.1. The van der Waals surface area contributed by atoms with E-state index in [-0.39, 0.29) is 0 Å². The van der Waals surface area contributed by atoms with E-state index in [2.05, 4.69) is 15.9 Å². The Hall–Kier alpha value is -1.27. The minimum Gasteiger partial charge on any atom is -0.490 e. The minimum atomic E-state index is -0.861. The van der Waals surface area contributed by atoms with Gasteiger partial charge >= 0.3 is 5.97 Å². The van der Waals surface area contributed by atoms with Gasteiger partial charge in [-0.25, -0.2) is 0 Å². The van der Waals surface area contributed by atoms with Crippen molar-refractivity contribution in [3.63, 3.8) is 0 Å². The largest absolute Gasteiger partial charge is 0.490 e. The summed E-state index contributed by atoms with van der Waals surface area (Å²) < 4.78 is 12.1. The Balaban J connectivity index is 2.44. The molecule has 1 heterocycles. The molecule has 0 bridgehead atoms. The number of hydrogen-bond donors (Lipinski definition) is 1. The number of benzene rings is 1. The quantitative estimate of drug-likeness (QED) is 0.877. The van der Waals surface area contributed by atoms with Crippen LogP contribution in [0.1, 0.15) is 31.9 Å². The molecule has 6 heteroatoms. The second-order valence-electron chi connectivity index (χ2n) is 4.84. The van der Waals surface area contributed by atoms with Crippen LogP contribution >= 0.6 is 15.9 Å². The molecule has 0 saturated heterocycles. The van der Waals surface area contributed by atoms with Crippen molar-refractivity contribution in [2.45, 2.75) is 26.3 Å². The highest BCUT2D eigenvalue weighted by Gasteiger charge is 2.28. The molecule has 0 fully saturated rings. The van der Waals surface area contributed by atoms with Crippen LogP contribution in [0.25, 0.3) is 0 Å². The molecule has 0 radical (unpaired) electrons. The zero-order valence-corrected chi connectivity index (χ0v) is 13.9. The highest BCUT2D eigenvalue weighted by Crippen LogP contribution is 2.40. The predicted molar refractivity (Wildman–Crippen MR) is 83.0 cm³/mol. The second-order valence-corrected chi connectivity index (χ2v) is 5.70. The maximum Gasteiger partial charge on any atom is 0.325 e. The third-order valence-electron chi connectivity index (χ3n) is 3.55. The zero-order chi connectivity index (χ0) is 15.4. The number of likely N-dealkylation sites (N-methyl/N-ethyl adjacent to an activating group) is 1. The Morgan fingerprint density at radius 1 is 1.33 bits per heavy atom. The number of carboxylic acids is 1. The van der Waals surface area contributed by atoms with Crippen LogP contribution in [-0.4, -0.2) is 42.3 Å². The lowest BCUT2D eigenvalue weighted by molar-refractivity contribution is -0.143. The molecule has 0 saturated carbocycles. The van der Waals surface area contributed by atoms with Crippen LogP contribution < -0.4 is 9.47 Å². The highest BCUT2D eigenvalue weighted by molar-refractivity contribution is 9.10. The van der Waals surface area contributed by atoms with Crippen LogP contribution in [0.15, 0.2) is 16.6 Å². The monoisotopic (exact) mass is 357 g/mol. The van der Waals surface area contributed by atoms with E-state index >= 15 is 0 Å². The molecule has 21 heavy (non-hydrogen) atoms. The molecule has 2 rings (SSSR count). The number of halogens is 1. The van der Waals surface area contributed by atoms with Crippen molar-refractivity contribution in [1.82, 2.24) is 4.90 Å². The Morgan fingerprint density at radius 3 is 2.62 bits per heavy atom. The lowest BCUT2D eigenvalue weighted by Gasteiger charge is -2.27. The summed E-state index contributed by atoms with van der Waals surface area (Å²) in [6, 6.07) is 2.90. The molecule has 116 valence electrons. The van der Waals surface area contributed by atoms with E-state index < -0.39 is 12.0 Å². The SMILES string of the molecule is CCN(CC)C(C(=O)O)c1cc(Br)c2c(c1)OCCCO2. The number of aliphatic carboxylic acids is 1. The van der Waals surface area contributed by atoms with Crippen molar-refractivity contribution < 1.29 is 19.4 Å². The van der Waals surface area contributed by atoms with Gasteiger partial charge in [0, 0.05) is 6.42 Å². The third-order valence-corrected chi connectivity index (χ3v) is 4.14. The van der Waals surface area contributed by atoms with Crippen LogP contribution in [0.2, 0.25) is 0 Å². The van der Waals surface area contributed by atoms with Gasteiger partial charge in [-0.2, -0.15) is 0 Å². The van der Waals surface area contributed by atoms with Crippen LogP contribution in [0.5, 0.6) is 11.5 Å². The predicted octanol–water partition coefficient (Wildman–Crippen LogP) is 3.08. The molecule has 1 atom stereocenters. The Bertz CT molecular complexity index is 517. The number of ether oxygens (including phenoxy) is 2. The zero-order valence-electron chi connectivity index (χ0n) is 12.3. The lowest BCUT2D eigenvalue weighted by Crippen LogP contribution is -2.33. The van der Waals surface area contributed by atoms with Crippen molar-refractivity contribution in [3.05, 3.63) is 22.2 Å².